The van der Waals surface area contributed by atoms with E-state index in [1.165, 1.54) is 0 Å². The van der Waals surface area contributed by atoms with Crippen molar-refractivity contribution in [2.24, 2.45) is 0 Å². The van der Waals surface area contributed by atoms with Crippen molar-refractivity contribution in [2.45, 2.75) is 25.8 Å². The number of aliphatic hydroxyl groups excluding tert-OH is 1. The first-order valence-corrected chi connectivity index (χ1v) is 3.74. The number of carboxylic acids is 1. The zero-order valence-electron chi connectivity index (χ0n) is 6.91. The Morgan fingerprint density at radius 2 is 2.08 bits per heavy atom. The van der Waals surface area contributed by atoms with Crippen LogP contribution in [-0.2, 0) is 9.59 Å². The van der Waals surface area contributed by atoms with Crippen molar-refractivity contribution < 1.29 is 19.8 Å². The monoisotopic (exact) mass is 175 g/mol. The summed E-state index contributed by atoms with van der Waals surface area (Å²) >= 11 is 0. The molecule has 0 spiro atoms. The molecule has 0 aromatic carbocycles. The van der Waals surface area contributed by atoms with Crippen LogP contribution in [0.5, 0.6) is 0 Å². The summed E-state index contributed by atoms with van der Waals surface area (Å²) in [6.07, 6.45) is 0.938. The number of carbonyl (C=O) groups is 2. The number of hydrogen-bond acceptors (Lipinski definition) is 3. The number of aliphatic carboxylic acids is 1. The first-order valence-electron chi connectivity index (χ1n) is 3.74. The van der Waals surface area contributed by atoms with Crippen molar-refractivity contribution in [1.29, 1.82) is 0 Å². The smallest absolute Gasteiger partial charge is 0.328 e. The van der Waals surface area contributed by atoms with Crippen LogP contribution in [0, 0.1) is 0 Å². The van der Waals surface area contributed by atoms with Gasteiger partial charge in [0.05, 0.1) is 6.61 Å². The predicted octanol–water partition coefficient (Wildman–Crippen LogP) is -0.652. The molecule has 3 N–H and O–H groups in total. The van der Waals surface area contributed by atoms with E-state index in [2.05, 4.69) is 5.32 Å². The molecule has 0 fully saturated rings. The highest BCUT2D eigenvalue weighted by Crippen LogP contribution is 1.89. The Morgan fingerprint density at radius 3 is 2.42 bits per heavy atom. The minimum Gasteiger partial charge on any atom is -0.480 e. The maximum Gasteiger partial charge on any atom is 0.328 e. The Kier molecular flexibility index (Phi) is 5.03. The lowest BCUT2D eigenvalue weighted by Gasteiger charge is -2.10. The van der Waals surface area contributed by atoms with E-state index in [1.807, 2.05) is 6.92 Å². The minimum absolute atomic E-state index is 0.282. The lowest BCUT2D eigenvalue weighted by atomic mass is 10.2. The van der Waals surface area contributed by atoms with Gasteiger partial charge in [0.25, 0.3) is 0 Å². The first kappa shape index (κ1) is 10.9. The highest BCUT2D eigenvalue weighted by atomic mass is 16.4. The fraction of sp³-hybridized carbons (Fsp3) is 0.714. The molecule has 0 aliphatic heterocycles. The lowest BCUT2D eigenvalue weighted by molar-refractivity contribution is -0.142. The van der Waals surface area contributed by atoms with E-state index >= 15 is 0 Å². The highest BCUT2D eigenvalue weighted by molar-refractivity contribution is 5.83. The second-order valence-electron chi connectivity index (χ2n) is 2.39. The fourth-order valence-corrected chi connectivity index (χ4v) is 0.679. The number of hydrogen-bond donors (Lipinski definition) is 3. The van der Waals surface area contributed by atoms with Gasteiger partial charge in [-0.05, 0) is 6.42 Å². The van der Waals surface area contributed by atoms with Crippen molar-refractivity contribution >= 4 is 11.9 Å². The van der Waals surface area contributed by atoms with Crippen LogP contribution in [0.15, 0.2) is 0 Å². The fourth-order valence-electron chi connectivity index (χ4n) is 0.679. The van der Waals surface area contributed by atoms with E-state index < -0.39 is 18.6 Å². The van der Waals surface area contributed by atoms with Crippen LogP contribution < -0.4 is 5.32 Å². The van der Waals surface area contributed by atoms with Gasteiger partial charge in [0.15, 0.2) is 0 Å². The molecule has 5 nitrogen and oxygen atoms in total. The van der Waals surface area contributed by atoms with Crippen molar-refractivity contribution in [2.75, 3.05) is 6.61 Å². The Bertz CT molecular complexity index is 169. The maximum atomic E-state index is 10.8. The van der Waals surface area contributed by atoms with Gasteiger partial charge in [-0.3, -0.25) is 4.79 Å². The zero-order valence-corrected chi connectivity index (χ0v) is 6.91. The van der Waals surface area contributed by atoms with Crippen LogP contribution in [-0.4, -0.2) is 34.7 Å². The van der Waals surface area contributed by atoms with E-state index in [4.69, 9.17) is 10.2 Å². The third kappa shape index (κ3) is 3.92. The number of nitrogens with one attached hydrogen (secondary N) is 1. The van der Waals surface area contributed by atoms with Crippen LogP contribution >= 0.6 is 0 Å². The van der Waals surface area contributed by atoms with Gasteiger partial charge in [0.2, 0.25) is 5.91 Å². The highest BCUT2D eigenvalue weighted by Gasteiger charge is 2.17. The molecule has 0 aromatic heterocycles. The summed E-state index contributed by atoms with van der Waals surface area (Å²) in [6, 6.07) is -1.18. The molecule has 0 aromatic rings. The molecule has 5 heteroatoms. The molecule has 0 rings (SSSR count). The van der Waals surface area contributed by atoms with E-state index in [-0.39, 0.29) is 12.3 Å². The van der Waals surface area contributed by atoms with E-state index in [0.29, 0.717) is 6.42 Å². The Morgan fingerprint density at radius 1 is 1.50 bits per heavy atom. The molecular formula is C7H13NO4. The van der Waals surface area contributed by atoms with Gasteiger partial charge in [0.1, 0.15) is 6.04 Å². The minimum atomic E-state index is -1.22. The second-order valence-corrected chi connectivity index (χ2v) is 2.39. The lowest BCUT2D eigenvalue weighted by Crippen LogP contribution is -2.43. The molecule has 0 heterocycles. The molecule has 0 saturated carbocycles. The van der Waals surface area contributed by atoms with Crippen molar-refractivity contribution in [3.05, 3.63) is 0 Å². The third-order valence-electron chi connectivity index (χ3n) is 1.29. The van der Waals surface area contributed by atoms with Crippen LogP contribution in [0.2, 0.25) is 0 Å². The van der Waals surface area contributed by atoms with Crippen LogP contribution in [0.3, 0.4) is 0 Å². The standard InChI is InChI=1S/C7H13NO4/c1-2-3-6(10)8-5(4-9)7(11)12/h5,9H,2-4H2,1H3,(H,8,10)(H,11,12)/t5-/m1/s1. The van der Waals surface area contributed by atoms with Gasteiger partial charge < -0.3 is 15.5 Å². The number of aliphatic hydroxyl groups is 1. The van der Waals surface area contributed by atoms with Crippen molar-refractivity contribution in [1.82, 2.24) is 5.32 Å². The predicted molar refractivity (Wildman–Crippen MR) is 41.6 cm³/mol. The van der Waals surface area contributed by atoms with Crippen molar-refractivity contribution in [3.63, 3.8) is 0 Å². The topological polar surface area (TPSA) is 86.6 Å². The van der Waals surface area contributed by atoms with E-state index in [9.17, 15) is 9.59 Å². The average Bonchev–Trinajstić information content (AvgIpc) is 2.00. The van der Waals surface area contributed by atoms with Crippen LogP contribution in [0.1, 0.15) is 19.8 Å². The van der Waals surface area contributed by atoms with E-state index in [0.717, 1.165) is 0 Å². The molecular weight excluding hydrogens is 162 g/mol. The SMILES string of the molecule is CCCC(=O)N[C@H](CO)C(=O)O. The average molecular weight is 175 g/mol. The third-order valence-corrected chi connectivity index (χ3v) is 1.29. The normalized spacial score (nSPS) is 12.2. The first-order chi connectivity index (χ1) is 5.61. The number of carboxylic acid groups (broad SMARTS) is 1. The molecule has 0 aliphatic rings. The zero-order chi connectivity index (χ0) is 9.56. The largest absolute Gasteiger partial charge is 0.480 e. The summed E-state index contributed by atoms with van der Waals surface area (Å²) in [4.78, 5) is 21.1. The van der Waals surface area contributed by atoms with Gasteiger partial charge >= 0.3 is 5.97 Å². The number of rotatable bonds is 5. The molecule has 12 heavy (non-hydrogen) atoms. The molecule has 1 atom stereocenters. The van der Waals surface area contributed by atoms with Crippen LogP contribution in [0.4, 0.5) is 0 Å². The van der Waals surface area contributed by atoms with E-state index in [1.54, 1.807) is 0 Å². The molecule has 0 bridgehead atoms. The quantitative estimate of drug-likeness (QED) is 0.518. The molecule has 0 aliphatic carbocycles. The number of carbonyl (C=O) groups excluding carboxylic acids is 1. The summed E-state index contributed by atoms with van der Waals surface area (Å²) < 4.78 is 0. The molecule has 0 radical (unpaired) electrons. The maximum absolute atomic E-state index is 10.8. The Labute approximate surface area is 70.4 Å². The van der Waals surface area contributed by atoms with Gasteiger partial charge in [-0.1, -0.05) is 6.92 Å². The molecule has 1 amide bonds. The van der Waals surface area contributed by atoms with Gasteiger partial charge in [-0.25, -0.2) is 4.79 Å². The van der Waals surface area contributed by atoms with Gasteiger partial charge in [0, 0.05) is 6.42 Å². The van der Waals surface area contributed by atoms with Crippen LogP contribution in [0.25, 0.3) is 0 Å². The van der Waals surface area contributed by atoms with Gasteiger partial charge in [-0.2, -0.15) is 0 Å². The second kappa shape index (κ2) is 5.54. The summed E-state index contributed by atoms with van der Waals surface area (Å²) in [7, 11) is 0. The molecule has 70 valence electrons. The molecule has 0 unspecified atom stereocenters. The van der Waals surface area contributed by atoms with Crippen molar-refractivity contribution in [3.8, 4) is 0 Å². The summed E-state index contributed by atoms with van der Waals surface area (Å²) in [5, 5.41) is 19.1. The van der Waals surface area contributed by atoms with Gasteiger partial charge in [-0.15, -0.1) is 0 Å². The molecule has 0 saturated heterocycles. The summed E-state index contributed by atoms with van der Waals surface area (Å²) in [6.45, 7) is 1.24. The summed E-state index contributed by atoms with van der Waals surface area (Å²) in [5.41, 5.74) is 0. The number of amides is 1. The Balaban J connectivity index is 3.85. The Hall–Kier alpha value is -1.10. The summed E-state index contributed by atoms with van der Waals surface area (Å²) in [5.74, 6) is -1.57.